The van der Waals surface area contributed by atoms with Crippen LogP contribution < -0.4 is 10.6 Å². The van der Waals surface area contributed by atoms with Crippen LogP contribution in [0.3, 0.4) is 0 Å². The zero-order valence-electron chi connectivity index (χ0n) is 12.0. The third-order valence-electron chi connectivity index (χ3n) is 1.82. The largest absolute Gasteiger partial charge is 0.411 e. The highest BCUT2D eigenvalue weighted by Gasteiger charge is 2.27. The molecule has 0 bridgehead atoms. The van der Waals surface area contributed by atoms with Crippen LogP contribution in [-0.4, -0.2) is 44.0 Å². The summed E-state index contributed by atoms with van der Waals surface area (Å²) in [6.07, 6.45) is -3.80. The second kappa shape index (κ2) is 8.24. The van der Waals surface area contributed by atoms with Crippen LogP contribution >= 0.6 is 0 Å². The third-order valence-corrected chi connectivity index (χ3v) is 1.82. The summed E-state index contributed by atoms with van der Waals surface area (Å²) >= 11 is 0. The van der Waals surface area contributed by atoms with Gasteiger partial charge >= 0.3 is 6.18 Å². The summed E-state index contributed by atoms with van der Waals surface area (Å²) in [5, 5.41) is 6.26. The Labute approximate surface area is 112 Å². The fraction of sp³-hybridized carbons (Fsp3) is 0.917. The second-order valence-electron chi connectivity index (χ2n) is 5.16. The first-order chi connectivity index (χ1) is 8.64. The lowest BCUT2D eigenvalue weighted by Crippen LogP contribution is -2.47. The van der Waals surface area contributed by atoms with Gasteiger partial charge in [0.25, 0.3) is 0 Å². The first-order valence-corrected chi connectivity index (χ1v) is 6.35. The van der Waals surface area contributed by atoms with E-state index in [1.54, 1.807) is 0 Å². The Hall–Kier alpha value is -0.980. The zero-order chi connectivity index (χ0) is 14.9. The van der Waals surface area contributed by atoms with Gasteiger partial charge in [-0.05, 0) is 34.1 Å². The number of nitrogens with zero attached hydrogens (tertiary/aromatic N) is 1. The summed E-state index contributed by atoms with van der Waals surface area (Å²) in [7, 11) is 0. The number of guanidine groups is 1. The maximum absolute atomic E-state index is 11.8. The van der Waals surface area contributed by atoms with E-state index in [0.717, 1.165) is 6.54 Å². The van der Waals surface area contributed by atoms with Crippen molar-refractivity contribution in [2.45, 2.75) is 45.8 Å². The molecule has 0 aromatic heterocycles. The van der Waals surface area contributed by atoms with E-state index in [2.05, 4.69) is 20.4 Å². The minimum Gasteiger partial charge on any atom is -0.372 e. The summed E-state index contributed by atoms with van der Waals surface area (Å²) in [6.45, 7) is 7.97. The molecule has 7 heteroatoms. The van der Waals surface area contributed by atoms with Crippen molar-refractivity contribution in [1.82, 2.24) is 10.6 Å². The van der Waals surface area contributed by atoms with E-state index in [4.69, 9.17) is 0 Å². The molecule has 114 valence electrons. The Balaban J connectivity index is 3.92. The number of rotatable bonds is 6. The Morgan fingerprint density at radius 2 is 1.84 bits per heavy atom. The minimum atomic E-state index is -4.26. The standard InChI is InChI=1S/C12H24F3N3O/c1-5-16-10(18-11(2,3)4)17-7-6-8-19-9-12(13,14)15/h5-9H2,1-4H3,(H2,16,17,18). The Kier molecular flexibility index (Phi) is 7.82. The topological polar surface area (TPSA) is 45.7 Å². The van der Waals surface area contributed by atoms with Crippen molar-refractivity contribution < 1.29 is 17.9 Å². The Morgan fingerprint density at radius 3 is 2.32 bits per heavy atom. The quantitative estimate of drug-likeness (QED) is 0.447. The number of halogens is 3. The van der Waals surface area contributed by atoms with Gasteiger partial charge in [0.1, 0.15) is 6.61 Å². The maximum atomic E-state index is 11.8. The lowest BCUT2D eigenvalue weighted by molar-refractivity contribution is -0.173. The van der Waals surface area contributed by atoms with Gasteiger partial charge in [-0.2, -0.15) is 13.2 Å². The first kappa shape index (κ1) is 18.0. The number of alkyl halides is 3. The third kappa shape index (κ3) is 13.3. The van der Waals surface area contributed by atoms with Crippen LogP contribution in [0.15, 0.2) is 4.99 Å². The van der Waals surface area contributed by atoms with Crippen LogP contribution in [0, 0.1) is 0 Å². The van der Waals surface area contributed by atoms with Gasteiger partial charge in [0.2, 0.25) is 0 Å². The molecule has 0 aliphatic carbocycles. The average Bonchev–Trinajstić information content (AvgIpc) is 2.19. The molecule has 0 aliphatic rings. The fourth-order valence-corrected chi connectivity index (χ4v) is 1.21. The molecule has 0 aromatic rings. The highest BCUT2D eigenvalue weighted by molar-refractivity contribution is 5.80. The molecule has 0 radical (unpaired) electrons. The highest BCUT2D eigenvalue weighted by Crippen LogP contribution is 2.14. The number of ether oxygens (including phenoxy) is 1. The molecule has 0 saturated heterocycles. The predicted molar refractivity (Wildman–Crippen MR) is 70.4 cm³/mol. The minimum absolute atomic E-state index is 0.0535. The molecule has 0 saturated carbocycles. The van der Waals surface area contributed by atoms with Gasteiger partial charge in [-0.25, -0.2) is 0 Å². The zero-order valence-corrected chi connectivity index (χ0v) is 12.0. The van der Waals surface area contributed by atoms with Crippen molar-refractivity contribution in [3.63, 3.8) is 0 Å². The summed E-state index contributed by atoms with van der Waals surface area (Å²) < 4.78 is 39.9. The number of hydrogen-bond acceptors (Lipinski definition) is 2. The van der Waals surface area contributed by atoms with Gasteiger partial charge in [-0.15, -0.1) is 0 Å². The maximum Gasteiger partial charge on any atom is 0.411 e. The molecule has 0 fully saturated rings. The molecule has 2 N–H and O–H groups in total. The van der Waals surface area contributed by atoms with Crippen LogP contribution in [0.2, 0.25) is 0 Å². The fourth-order valence-electron chi connectivity index (χ4n) is 1.21. The smallest absolute Gasteiger partial charge is 0.372 e. The van der Waals surface area contributed by atoms with Crippen LogP contribution in [0.5, 0.6) is 0 Å². The molecule has 0 spiro atoms. The van der Waals surface area contributed by atoms with Crippen molar-refractivity contribution in [3.8, 4) is 0 Å². The molecular weight excluding hydrogens is 259 g/mol. The summed E-state index contributed by atoms with van der Waals surface area (Å²) in [6, 6.07) is 0. The van der Waals surface area contributed by atoms with Gasteiger partial charge in [0.05, 0.1) is 0 Å². The van der Waals surface area contributed by atoms with Gasteiger partial charge in [-0.1, -0.05) is 0 Å². The van der Waals surface area contributed by atoms with Gasteiger partial charge in [0, 0.05) is 25.2 Å². The average molecular weight is 283 g/mol. The highest BCUT2D eigenvalue weighted by atomic mass is 19.4. The molecule has 0 aliphatic heterocycles. The van der Waals surface area contributed by atoms with E-state index in [1.165, 1.54) is 0 Å². The van der Waals surface area contributed by atoms with Crippen LogP contribution in [0.4, 0.5) is 13.2 Å². The molecule has 0 rings (SSSR count). The number of hydrogen-bond donors (Lipinski definition) is 2. The lowest BCUT2D eigenvalue weighted by Gasteiger charge is -2.23. The molecular formula is C12H24F3N3O. The molecule has 19 heavy (non-hydrogen) atoms. The lowest BCUT2D eigenvalue weighted by atomic mass is 10.1. The summed E-state index contributed by atoms with van der Waals surface area (Å²) in [5.41, 5.74) is -0.117. The molecule has 0 unspecified atom stereocenters. The monoisotopic (exact) mass is 283 g/mol. The number of aliphatic imine (C=N–C) groups is 1. The SMILES string of the molecule is CCNC(=NCCCOCC(F)(F)F)NC(C)(C)C. The Bertz CT molecular complexity index is 272. The van der Waals surface area contributed by atoms with E-state index in [-0.39, 0.29) is 12.1 Å². The summed E-state index contributed by atoms with van der Waals surface area (Å²) in [4.78, 5) is 4.27. The van der Waals surface area contributed by atoms with Crippen LogP contribution in [0.25, 0.3) is 0 Å². The van der Waals surface area contributed by atoms with Crippen molar-refractivity contribution in [1.29, 1.82) is 0 Å². The molecule has 0 aromatic carbocycles. The van der Waals surface area contributed by atoms with E-state index in [9.17, 15) is 13.2 Å². The second-order valence-corrected chi connectivity index (χ2v) is 5.16. The van der Waals surface area contributed by atoms with Crippen LogP contribution in [0.1, 0.15) is 34.1 Å². The van der Waals surface area contributed by atoms with Crippen LogP contribution in [-0.2, 0) is 4.74 Å². The summed E-state index contributed by atoms with van der Waals surface area (Å²) in [5.74, 6) is 0.658. The molecule has 0 atom stereocenters. The predicted octanol–water partition coefficient (Wildman–Crippen LogP) is 2.31. The first-order valence-electron chi connectivity index (χ1n) is 6.35. The van der Waals surface area contributed by atoms with Crippen molar-refractivity contribution in [3.05, 3.63) is 0 Å². The van der Waals surface area contributed by atoms with Gasteiger partial charge in [0.15, 0.2) is 5.96 Å². The molecule has 0 heterocycles. The molecule has 4 nitrogen and oxygen atoms in total. The van der Waals surface area contributed by atoms with E-state index < -0.39 is 12.8 Å². The van der Waals surface area contributed by atoms with Crippen molar-refractivity contribution in [2.24, 2.45) is 4.99 Å². The molecule has 0 amide bonds. The van der Waals surface area contributed by atoms with Crippen molar-refractivity contribution in [2.75, 3.05) is 26.3 Å². The van der Waals surface area contributed by atoms with E-state index >= 15 is 0 Å². The van der Waals surface area contributed by atoms with E-state index in [0.29, 0.717) is 18.9 Å². The van der Waals surface area contributed by atoms with E-state index in [1.807, 2.05) is 27.7 Å². The number of nitrogens with one attached hydrogen (secondary N) is 2. The van der Waals surface area contributed by atoms with Gasteiger partial charge in [-0.3, -0.25) is 4.99 Å². The normalized spacial score (nSPS) is 13.5. The van der Waals surface area contributed by atoms with Crippen molar-refractivity contribution >= 4 is 5.96 Å². The Morgan fingerprint density at radius 1 is 1.21 bits per heavy atom. The van der Waals surface area contributed by atoms with Gasteiger partial charge < -0.3 is 15.4 Å².